The highest BCUT2D eigenvalue weighted by molar-refractivity contribution is 5.81. The van der Waals surface area contributed by atoms with E-state index in [2.05, 4.69) is 24.5 Å². The van der Waals surface area contributed by atoms with E-state index in [-0.39, 0.29) is 18.0 Å². The fourth-order valence-electron chi connectivity index (χ4n) is 1.98. The summed E-state index contributed by atoms with van der Waals surface area (Å²) in [6, 6.07) is 7.80. The summed E-state index contributed by atoms with van der Waals surface area (Å²) >= 11 is 0. The highest BCUT2D eigenvalue weighted by Crippen LogP contribution is 2.17. The molecule has 2 atom stereocenters. The second-order valence-electron chi connectivity index (χ2n) is 5.03. The van der Waals surface area contributed by atoms with Gasteiger partial charge in [-0.15, -0.1) is 0 Å². The summed E-state index contributed by atoms with van der Waals surface area (Å²) in [5, 5.41) is 6.24. The maximum absolute atomic E-state index is 11.9. The van der Waals surface area contributed by atoms with Gasteiger partial charge in [-0.3, -0.25) is 10.1 Å². The molecule has 112 valence electrons. The first-order valence-corrected chi connectivity index (χ1v) is 7.26. The fourth-order valence-corrected chi connectivity index (χ4v) is 1.98. The fraction of sp³-hybridized carbons (Fsp3) is 0.562. The predicted molar refractivity (Wildman–Crippen MR) is 81.9 cm³/mol. The van der Waals surface area contributed by atoms with Gasteiger partial charge in [0, 0.05) is 12.6 Å². The van der Waals surface area contributed by atoms with E-state index in [0.29, 0.717) is 0 Å². The lowest BCUT2D eigenvalue weighted by molar-refractivity contribution is -0.122. The molecule has 0 aliphatic rings. The summed E-state index contributed by atoms with van der Waals surface area (Å²) < 4.78 is 5.14. The lowest BCUT2D eigenvalue weighted by atomic mass is 10.1. The van der Waals surface area contributed by atoms with E-state index in [4.69, 9.17) is 4.74 Å². The zero-order chi connectivity index (χ0) is 15.0. The molecule has 0 aromatic heterocycles. The number of hydrogen-bond acceptors (Lipinski definition) is 3. The largest absolute Gasteiger partial charge is 0.497 e. The third kappa shape index (κ3) is 5.21. The Balaban J connectivity index is 2.47. The number of benzene rings is 1. The van der Waals surface area contributed by atoms with Crippen LogP contribution in [0.5, 0.6) is 5.75 Å². The minimum Gasteiger partial charge on any atom is -0.497 e. The van der Waals surface area contributed by atoms with Gasteiger partial charge in [0.05, 0.1) is 13.2 Å². The van der Waals surface area contributed by atoms with Gasteiger partial charge in [0.2, 0.25) is 5.91 Å². The minimum absolute atomic E-state index is 0.0545. The molecular weight excluding hydrogens is 252 g/mol. The molecule has 0 aliphatic carbocycles. The van der Waals surface area contributed by atoms with Crippen LogP contribution >= 0.6 is 0 Å². The van der Waals surface area contributed by atoms with Gasteiger partial charge in [-0.2, -0.15) is 0 Å². The molecule has 0 radical (unpaired) electrons. The Morgan fingerprint density at radius 2 is 1.90 bits per heavy atom. The van der Waals surface area contributed by atoms with E-state index in [1.54, 1.807) is 7.11 Å². The number of ether oxygens (including phenoxy) is 1. The smallest absolute Gasteiger partial charge is 0.236 e. The van der Waals surface area contributed by atoms with Crippen molar-refractivity contribution in [3.05, 3.63) is 29.8 Å². The summed E-state index contributed by atoms with van der Waals surface area (Å²) in [6.45, 7) is 6.80. The quantitative estimate of drug-likeness (QED) is 0.719. The molecule has 1 rings (SSSR count). The molecule has 2 unspecified atom stereocenters. The van der Waals surface area contributed by atoms with Crippen LogP contribution < -0.4 is 15.4 Å². The van der Waals surface area contributed by atoms with Crippen molar-refractivity contribution in [2.75, 3.05) is 13.7 Å². The van der Waals surface area contributed by atoms with Crippen molar-refractivity contribution in [1.29, 1.82) is 0 Å². The van der Waals surface area contributed by atoms with E-state index in [1.807, 2.05) is 31.2 Å². The standard InChI is InChI=1S/C16H26N2O2/c1-5-6-11-17-16(19)13(3)18-12(2)14-7-9-15(20-4)10-8-14/h7-10,12-13,18H,5-6,11H2,1-4H3,(H,17,19). The number of carbonyl (C=O) groups excluding carboxylic acids is 1. The number of methoxy groups -OCH3 is 1. The van der Waals surface area contributed by atoms with Crippen molar-refractivity contribution in [3.63, 3.8) is 0 Å². The van der Waals surface area contributed by atoms with Gasteiger partial charge in [0.1, 0.15) is 5.75 Å². The van der Waals surface area contributed by atoms with Crippen LogP contribution in [0.3, 0.4) is 0 Å². The second kappa shape index (κ2) is 8.59. The molecule has 0 bridgehead atoms. The van der Waals surface area contributed by atoms with E-state index >= 15 is 0 Å². The van der Waals surface area contributed by atoms with Gasteiger partial charge in [0.25, 0.3) is 0 Å². The first-order valence-electron chi connectivity index (χ1n) is 7.26. The summed E-state index contributed by atoms with van der Waals surface area (Å²) in [5.41, 5.74) is 1.14. The third-order valence-electron chi connectivity index (χ3n) is 3.34. The molecule has 4 nitrogen and oxygen atoms in total. The van der Waals surface area contributed by atoms with Crippen LogP contribution in [0.1, 0.15) is 45.2 Å². The number of carbonyl (C=O) groups is 1. The van der Waals surface area contributed by atoms with Gasteiger partial charge in [-0.05, 0) is 38.0 Å². The third-order valence-corrected chi connectivity index (χ3v) is 3.34. The van der Waals surface area contributed by atoms with Crippen LogP contribution in [0.25, 0.3) is 0 Å². The normalized spacial score (nSPS) is 13.6. The maximum Gasteiger partial charge on any atom is 0.236 e. The van der Waals surface area contributed by atoms with Crippen LogP contribution in [-0.2, 0) is 4.79 Å². The van der Waals surface area contributed by atoms with E-state index < -0.39 is 0 Å². The Hall–Kier alpha value is -1.55. The lowest BCUT2D eigenvalue weighted by Gasteiger charge is -2.20. The summed E-state index contributed by atoms with van der Waals surface area (Å²) in [7, 11) is 1.65. The van der Waals surface area contributed by atoms with Gasteiger partial charge in [-0.1, -0.05) is 25.5 Å². The van der Waals surface area contributed by atoms with Crippen molar-refractivity contribution < 1.29 is 9.53 Å². The molecule has 2 N–H and O–H groups in total. The van der Waals surface area contributed by atoms with Gasteiger partial charge < -0.3 is 10.1 Å². The molecule has 1 aromatic rings. The van der Waals surface area contributed by atoms with E-state index in [9.17, 15) is 4.79 Å². The van der Waals surface area contributed by atoms with Crippen molar-refractivity contribution >= 4 is 5.91 Å². The Morgan fingerprint density at radius 3 is 2.45 bits per heavy atom. The summed E-state index contributed by atoms with van der Waals surface area (Å²) in [5.74, 6) is 0.894. The number of hydrogen-bond donors (Lipinski definition) is 2. The van der Waals surface area contributed by atoms with Crippen LogP contribution in [0, 0.1) is 0 Å². The van der Waals surface area contributed by atoms with Crippen LogP contribution in [0.15, 0.2) is 24.3 Å². The lowest BCUT2D eigenvalue weighted by Crippen LogP contribution is -2.43. The molecule has 4 heteroatoms. The molecule has 0 saturated heterocycles. The Morgan fingerprint density at radius 1 is 1.25 bits per heavy atom. The first kappa shape index (κ1) is 16.5. The number of rotatable bonds is 8. The molecule has 20 heavy (non-hydrogen) atoms. The molecule has 0 saturated carbocycles. The van der Waals surface area contributed by atoms with Gasteiger partial charge in [-0.25, -0.2) is 0 Å². The average Bonchev–Trinajstić information content (AvgIpc) is 2.47. The predicted octanol–water partition coefficient (Wildman–Crippen LogP) is 2.65. The summed E-state index contributed by atoms with van der Waals surface area (Å²) in [4.78, 5) is 11.9. The van der Waals surface area contributed by atoms with Crippen molar-refractivity contribution in [2.45, 2.75) is 45.7 Å². The monoisotopic (exact) mass is 278 g/mol. The Bertz CT molecular complexity index is 403. The van der Waals surface area contributed by atoms with Crippen molar-refractivity contribution in [3.8, 4) is 5.75 Å². The second-order valence-corrected chi connectivity index (χ2v) is 5.03. The SMILES string of the molecule is CCCCNC(=O)C(C)NC(C)c1ccc(OC)cc1. The zero-order valence-electron chi connectivity index (χ0n) is 12.9. The molecule has 1 amide bonds. The van der Waals surface area contributed by atoms with E-state index in [1.165, 1.54) is 0 Å². The first-order chi connectivity index (χ1) is 9.58. The number of unbranched alkanes of at least 4 members (excludes halogenated alkanes) is 1. The Kier molecular flexibility index (Phi) is 7.09. The minimum atomic E-state index is -0.205. The highest BCUT2D eigenvalue weighted by Gasteiger charge is 2.15. The molecule has 0 aliphatic heterocycles. The molecule has 1 aromatic carbocycles. The molecule has 0 fully saturated rings. The molecule has 0 spiro atoms. The maximum atomic E-state index is 11.9. The van der Waals surface area contributed by atoms with Gasteiger partial charge >= 0.3 is 0 Å². The number of nitrogens with one attached hydrogen (secondary N) is 2. The van der Waals surface area contributed by atoms with E-state index in [0.717, 1.165) is 30.7 Å². The van der Waals surface area contributed by atoms with Crippen molar-refractivity contribution in [2.24, 2.45) is 0 Å². The average molecular weight is 278 g/mol. The summed E-state index contributed by atoms with van der Waals surface area (Å²) in [6.07, 6.45) is 2.11. The molecule has 0 heterocycles. The topological polar surface area (TPSA) is 50.4 Å². The van der Waals surface area contributed by atoms with Crippen LogP contribution in [0.4, 0.5) is 0 Å². The Labute approximate surface area is 121 Å². The molecular formula is C16H26N2O2. The number of amides is 1. The zero-order valence-corrected chi connectivity index (χ0v) is 12.9. The van der Waals surface area contributed by atoms with Crippen LogP contribution in [0.2, 0.25) is 0 Å². The highest BCUT2D eigenvalue weighted by atomic mass is 16.5. The van der Waals surface area contributed by atoms with Crippen molar-refractivity contribution in [1.82, 2.24) is 10.6 Å². The van der Waals surface area contributed by atoms with Crippen LogP contribution in [-0.4, -0.2) is 25.6 Å². The van der Waals surface area contributed by atoms with Gasteiger partial charge in [0.15, 0.2) is 0 Å².